The van der Waals surface area contributed by atoms with E-state index in [4.69, 9.17) is 23.2 Å². The summed E-state index contributed by atoms with van der Waals surface area (Å²) in [5.74, 6) is -1.86. The Morgan fingerprint density at radius 2 is 1.55 bits per heavy atom. The standard InChI is InChI=1S/C31H34Cl2FN3O4S/c1-2-28(31(39)35-22-12-5-3-6-13-22)36(20-24-25(32)16-11-17-26(24)33)30(38)21-37(29-19-10-9-18-27(29)34)42(40,41)23-14-7-4-8-15-23/h4,7-11,14-19,22,28H,2-3,5-6,12-13,20-21H2,1H3,(H,35,39). The van der Waals surface area contributed by atoms with E-state index in [1.165, 1.54) is 35.2 Å². The van der Waals surface area contributed by atoms with Crippen molar-refractivity contribution in [3.05, 3.63) is 94.2 Å². The molecule has 0 aliphatic heterocycles. The summed E-state index contributed by atoms with van der Waals surface area (Å²) >= 11 is 12.9. The molecule has 11 heteroatoms. The van der Waals surface area contributed by atoms with Crippen molar-refractivity contribution >= 4 is 50.7 Å². The summed E-state index contributed by atoms with van der Waals surface area (Å²) in [5, 5.41) is 3.67. The number of amides is 2. The van der Waals surface area contributed by atoms with Gasteiger partial charge in [-0.05, 0) is 55.7 Å². The van der Waals surface area contributed by atoms with Crippen molar-refractivity contribution in [2.45, 2.75) is 69.0 Å². The van der Waals surface area contributed by atoms with Crippen LogP contribution in [0.1, 0.15) is 51.0 Å². The van der Waals surface area contributed by atoms with E-state index in [9.17, 15) is 18.0 Å². The summed E-state index contributed by atoms with van der Waals surface area (Å²) in [6, 6.07) is 16.8. The van der Waals surface area contributed by atoms with Crippen LogP contribution in [0.15, 0.2) is 77.7 Å². The second-order valence-electron chi connectivity index (χ2n) is 10.3. The Morgan fingerprint density at radius 1 is 0.929 bits per heavy atom. The molecule has 1 saturated carbocycles. The van der Waals surface area contributed by atoms with Gasteiger partial charge in [0.15, 0.2) is 0 Å². The molecule has 3 aromatic rings. The molecule has 0 saturated heterocycles. The third-order valence-corrected chi connectivity index (χ3v) is 9.94. The summed E-state index contributed by atoms with van der Waals surface area (Å²) in [5.41, 5.74) is 0.131. The molecule has 0 aromatic heterocycles. The molecule has 1 aliphatic carbocycles. The molecule has 0 radical (unpaired) electrons. The molecule has 42 heavy (non-hydrogen) atoms. The van der Waals surface area contributed by atoms with E-state index < -0.39 is 34.3 Å². The summed E-state index contributed by atoms with van der Waals surface area (Å²) in [6.45, 7) is 0.868. The van der Waals surface area contributed by atoms with Gasteiger partial charge in [0.05, 0.1) is 10.6 Å². The van der Waals surface area contributed by atoms with E-state index in [1.54, 1.807) is 43.3 Å². The molecule has 1 fully saturated rings. The number of carbonyl (C=O) groups excluding carboxylic acids is 2. The van der Waals surface area contributed by atoms with Crippen molar-refractivity contribution in [1.29, 1.82) is 0 Å². The highest BCUT2D eigenvalue weighted by Gasteiger charge is 2.35. The predicted octanol–water partition coefficient (Wildman–Crippen LogP) is 6.58. The predicted molar refractivity (Wildman–Crippen MR) is 163 cm³/mol. The van der Waals surface area contributed by atoms with Crippen LogP contribution in [0, 0.1) is 5.82 Å². The zero-order chi connectivity index (χ0) is 30.3. The van der Waals surface area contributed by atoms with Gasteiger partial charge in [-0.15, -0.1) is 0 Å². The van der Waals surface area contributed by atoms with Crippen molar-refractivity contribution in [3.8, 4) is 0 Å². The maximum atomic E-state index is 15.1. The quantitative estimate of drug-likeness (QED) is 0.258. The first-order valence-corrected chi connectivity index (χ1v) is 16.2. The molecule has 3 aromatic carbocycles. The number of anilines is 1. The van der Waals surface area contributed by atoms with Crippen LogP contribution in [0.5, 0.6) is 0 Å². The highest BCUT2D eigenvalue weighted by Crippen LogP contribution is 2.30. The van der Waals surface area contributed by atoms with E-state index in [1.807, 2.05) is 0 Å². The minimum atomic E-state index is -4.38. The minimum Gasteiger partial charge on any atom is -0.352 e. The van der Waals surface area contributed by atoms with Crippen LogP contribution in [0.4, 0.5) is 10.1 Å². The van der Waals surface area contributed by atoms with Gasteiger partial charge in [0, 0.05) is 28.2 Å². The van der Waals surface area contributed by atoms with Crippen molar-refractivity contribution in [3.63, 3.8) is 0 Å². The number of rotatable bonds is 11. The first kappa shape index (κ1) is 31.8. The third kappa shape index (κ3) is 7.43. The van der Waals surface area contributed by atoms with Crippen LogP contribution < -0.4 is 9.62 Å². The largest absolute Gasteiger partial charge is 0.352 e. The zero-order valence-electron chi connectivity index (χ0n) is 23.3. The Hall–Kier alpha value is -3.14. The molecule has 0 spiro atoms. The van der Waals surface area contributed by atoms with E-state index in [0.29, 0.717) is 15.6 Å². The Labute approximate surface area is 256 Å². The maximum Gasteiger partial charge on any atom is 0.264 e. The molecule has 224 valence electrons. The van der Waals surface area contributed by atoms with E-state index in [2.05, 4.69) is 5.32 Å². The van der Waals surface area contributed by atoms with Gasteiger partial charge >= 0.3 is 0 Å². The fraction of sp³-hybridized carbons (Fsp3) is 0.355. The second kappa shape index (κ2) is 14.4. The molecule has 1 unspecified atom stereocenters. The van der Waals surface area contributed by atoms with Gasteiger partial charge in [-0.3, -0.25) is 13.9 Å². The molecule has 7 nitrogen and oxygen atoms in total. The maximum absolute atomic E-state index is 15.1. The SMILES string of the molecule is CCC(C(=O)NC1CCCCC1)N(Cc1c(Cl)cccc1Cl)C(=O)CN(c1ccccc1F)S(=O)(=O)c1ccccc1. The number of sulfonamides is 1. The average molecular weight is 635 g/mol. The number of para-hydroxylation sites is 1. The van der Waals surface area contributed by atoms with Crippen LogP contribution in [0.3, 0.4) is 0 Å². The Kier molecular flexibility index (Phi) is 10.9. The van der Waals surface area contributed by atoms with Gasteiger partial charge in [-0.25, -0.2) is 12.8 Å². The first-order chi connectivity index (χ1) is 20.1. The van der Waals surface area contributed by atoms with E-state index >= 15 is 4.39 Å². The highest BCUT2D eigenvalue weighted by atomic mass is 35.5. The summed E-state index contributed by atoms with van der Waals surface area (Å²) in [4.78, 5) is 29.0. The number of halogens is 3. The van der Waals surface area contributed by atoms with Crippen LogP contribution in [0.2, 0.25) is 10.0 Å². The Balaban J connectivity index is 1.74. The second-order valence-corrected chi connectivity index (χ2v) is 12.9. The van der Waals surface area contributed by atoms with Crippen LogP contribution in [0.25, 0.3) is 0 Å². The number of nitrogens with zero attached hydrogens (tertiary/aromatic N) is 2. The van der Waals surface area contributed by atoms with Crippen LogP contribution in [-0.4, -0.2) is 43.8 Å². The lowest BCUT2D eigenvalue weighted by Gasteiger charge is -2.34. The molecular formula is C31H34Cl2FN3O4S. The molecule has 2 amide bonds. The van der Waals surface area contributed by atoms with Crippen molar-refractivity contribution < 1.29 is 22.4 Å². The fourth-order valence-electron chi connectivity index (χ4n) is 5.20. The fourth-order valence-corrected chi connectivity index (χ4v) is 7.16. The number of hydrogen-bond acceptors (Lipinski definition) is 4. The molecule has 0 heterocycles. The lowest BCUT2D eigenvalue weighted by Crippen LogP contribution is -2.54. The number of benzene rings is 3. The zero-order valence-corrected chi connectivity index (χ0v) is 25.6. The minimum absolute atomic E-state index is 0.00507. The van der Waals surface area contributed by atoms with Crippen molar-refractivity contribution in [1.82, 2.24) is 10.2 Å². The number of nitrogens with one attached hydrogen (secondary N) is 1. The van der Waals surface area contributed by atoms with Gasteiger partial charge in [-0.2, -0.15) is 0 Å². The van der Waals surface area contributed by atoms with Gasteiger partial charge in [-0.1, -0.05) is 85.8 Å². The van der Waals surface area contributed by atoms with Gasteiger partial charge < -0.3 is 10.2 Å². The summed E-state index contributed by atoms with van der Waals surface area (Å²) < 4.78 is 43.4. The summed E-state index contributed by atoms with van der Waals surface area (Å²) in [6.07, 6.45) is 5.08. The number of hydrogen-bond donors (Lipinski definition) is 1. The lowest BCUT2D eigenvalue weighted by molar-refractivity contribution is -0.140. The average Bonchev–Trinajstić information content (AvgIpc) is 2.98. The molecule has 1 atom stereocenters. The monoisotopic (exact) mass is 633 g/mol. The van der Waals surface area contributed by atoms with Gasteiger partial charge in [0.2, 0.25) is 11.8 Å². The molecule has 4 rings (SSSR count). The molecule has 1 N–H and O–H groups in total. The normalized spacial score (nSPS) is 14.7. The Bertz CT molecular complexity index is 1480. The molecule has 0 bridgehead atoms. The molecule has 1 aliphatic rings. The van der Waals surface area contributed by atoms with Gasteiger partial charge in [0.25, 0.3) is 10.0 Å². The summed E-state index contributed by atoms with van der Waals surface area (Å²) in [7, 11) is -4.38. The van der Waals surface area contributed by atoms with E-state index in [0.717, 1.165) is 42.5 Å². The third-order valence-electron chi connectivity index (χ3n) is 7.46. The van der Waals surface area contributed by atoms with E-state index in [-0.39, 0.29) is 35.5 Å². The lowest BCUT2D eigenvalue weighted by atomic mass is 9.95. The highest BCUT2D eigenvalue weighted by molar-refractivity contribution is 7.92. The molecular weight excluding hydrogens is 600 g/mol. The Morgan fingerprint density at radius 3 is 2.17 bits per heavy atom. The number of carbonyl (C=O) groups is 2. The van der Waals surface area contributed by atoms with Crippen molar-refractivity contribution in [2.24, 2.45) is 0 Å². The smallest absolute Gasteiger partial charge is 0.264 e. The van der Waals surface area contributed by atoms with Crippen LogP contribution >= 0.6 is 23.2 Å². The van der Waals surface area contributed by atoms with Crippen molar-refractivity contribution in [2.75, 3.05) is 10.8 Å². The van der Waals surface area contributed by atoms with Crippen LogP contribution in [-0.2, 0) is 26.2 Å². The van der Waals surface area contributed by atoms with Gasteiger partial charge in [0.1, 0.15) is 18.4 Å². The topological polar surface area (TPSA) is 86.8 Å². The first-order valence-electron chi connectivity index (χ1n) is 14.0.